The third-order valence-corrected chi connectivity index (χ3v) is 3.36. The van der Waals surface area contributed by atoms with E-state index >= 15 is 0 Å². The van der Waals surface area contributed by atoms with Crippen LogP contribution in [0.2, 0.25) is 0 Å². The van der Waals surface area contributed by atoms with Gasteiger partial charge in [-0.05, 0) is 24.1 Å². The van der Waals surface area contributed by atoms with Crippen molar-refractivity contribution < 1.29 is 19.2 Å². The largest absolute Gasteiger partial charge is 0.367 e. The van der Waals surface area contributed by atoms with E-state index in [2.05, 4.69) is 4.98 Å². The zero-order valence-corrected chi connectivity index (χ0v) is 11.3. The van der Waals surface area contributed by atoms with Gasteiger partial charge in [0.2, 0.25) is 0 Å². The summed E-state index contributed by atoms with van der Waals surface area (Å²) in [5.41, 5.74) is 1.55. The molecule has 0 spiro atoms. The van der Waals surface area contributed by atoms with Gasteiger partial charge in [-0.25, -0.2) is 4.79 Å². The lowest BCUT2D eigenvalue weighted by molar-refractivity contribution is -0.0585. The predicted molar refractivity (Wildman–Crippen MR) is 72.5 cm³/mol. The molecule has 0 atom stereocenters. The highest BCUT2D eigenvalue weighted by Crippen LogP contribution is 2.23. The fraction of sp³-hybridized carbons (Fsp3) is 0.133. The van der Waals surface area contributed by atoms with Crippen molar-refractivity contribution in [1.29, 1.82) is 0 Å². The molecule has 0 saturated heterocycles. The van der Waals surface area contributed by atoms with Crippen LogP contribution in [0.5, 0.6) is 0 Å². The molecule has 1 aliphatic heterocycles. The number of amides is 2. The number of hydrogen-bond donors (Lipinski definition) is 1. The van der Waals surface area contributed by atoms with E-state index in [9.17, 15) is 14.4 Å². The first-order chi connectivity index (χ1) is 10.1. The number of hydrogen-bond acceptors (Lipinski definition) is 4. The second kappa shape index (κ2) is 4.90. The van der Waals surface area contributed by atoms with Crippen LogP contribution in [0.3, 0.4) is 0 Å². The van der Waals surface area contributed by atoms with Crippen LogP contribution in [0, 0.1) is 0 Å². The summed E-state index contributed by atoms with van der Waals surface area (Å²) in [6.07, 6.45) is 3.80. The molecule has 1 aromatic heterocycles. The highest BCUT2D eigenvalue weighted by atomic mass is 16.7. The molecular weight excluding hydrogens is 272 g/mol. The number of rotatable bonds is 3. The highest BCUT2D eigenvalue weighted by molar-refractivity contribution is 6.21. The zero-order chi connectivity index (χ0) is 15.0. The normalized spacial score (nSPS) is 13.5. The van der Waals surface area contributed by atoms with Crippen LogP contribution in [0.25, 0.3) is 0 Å². The van der Waals surface area contributed by atoms with Crippen LogP contribution >= 0.6 is 0 Å². The molecule has 0 unspecified atom stereocenters. The molecule has 1 aromatic carbocycles. The number of aromatic nitrogens is 1. The Hall–Kier alpha value is -2.89. The maximum absolute atomic E-state index is 12.1. The topological polar surface area (TPSA) is 79.5 Å². The van der Waals surface area contributed by atoms with Crippen molar-refractivity contribution in [3.05, 3.63) is 58.9 Å². The summed E-state index contributed by atoms with van der Waals surface area (Å²) in [4.78, 5) is 44.1. The molecule has 6 nitrogen and oxygen atoms in total. The van der Waals surface area contributed by atoms with Gasteiger partial charge < -0.3 is 9.82 Å². The van der Waals surface area contributed by atoms with Gasteiger partial charge in [0.1, 0.15) is 0 Å². The van der Waals surface area contributed by atoms with E-state index in [1.54, 1.807) is 18.3 Å². The summed E-state index contributed by atoms with van der Waals surface area (Å²) in [7, 11) is 0. The number of hydroxylamine groups is 2. The summed E-state index contributed by atoms with van der Waals surface area (Å²) >= 11 is 0. The van der Waals surface area contributed by atoms with Gasteiger partial charge in [0, 0.05) is 12.4 Å². The van der Waals surface area contributed by atoms with Gasteiger partial charge in [0.05, 0.1) is 16.7 Å². The number of nitrogens with zero attached hydrogens (tertiary/aromatic N) is 1. The van der Waals surface area contributed by atoms with Crippen LogP contribution in [0.4, 0.5) is 0 Å². The van der Waals surface area contributed by atoms with Gasteiger partial charge in [0.25, 0.3) is 11.8 Å². The van der Waals surface area contributed by atoms with E-state index in [0.29, 0.717) is 17.0 Å². The third kappa shape index (κ3) is 2.01. The lowest BCUT2D eigenvalue weighted by Gasteiger charge is -2.12. The molecule has 1 aliphatic rings. The van der Waals surface area contributed by atoms with Crippen molar-refractivity contribution in [3.63, 3.8) is 0 Å². The monoisotopic (exact) mass is 284 g/mol. The van der Waals surface area contributed by atoms with E-state index in [0.717, 1.165) is 5.56 Å². The van der Waals surface area contributed by atoms with Gasteiger partial charge in [-0.2, -0.15) is 0 Å². The molecular formula is C15H12N2O4. The fourth-order valence-electron chi connectivity index (χ4n) is 2.26. The van der Waals surface area contributed by atoms with Gasteiger partial charge in [0.15, 0.2) is 0 Å². The van der Waals surface area contributed by atoms with Crippen molar-refractivity contribution >= 4 is 17.8 Å². The Balaban J connectivity index is 1.86. The van der Waals surface area contributed by atoms with Crippen LogP contribution in [-0.4, -0.2) is 27.8 Å². The second-order valence-electron chi connectivity index (χ2n) is 4.58. The molecule has 106 valence electrons. The molecule has 2 aromatic rings. The smallest absolute Gasteiger partial charge is 0.365 e. The minimum absolute atomic E-state index is 0.236. The van der Waals surface area contributed by atoms with Crippen molar-refractivity contribution in [2.24, 2.45) is 0 Å². The standard InChI is InChI=1S/C15H12N2O4/c1-2-9-7-16-8-12(9)15(20)21-17-13(18)10-5-3-4-6-11(10)14(17)19/h3-8,16H,2H2,1H3. The van der Waals surface area contributed by atoms with Crippen molar-refractivity contribution in [2.45, 2.75) is 13.3 Å². The lowest BCUT2D eigenvalue weighted by atomic mass is 10.1. The summed E-state index contributed by atoms with van der Waals surface area (Å²) in [6, 6.07) is 6.35. The van der Waals surface area contributed by atoms with E-state index in [1.807, 2.05) is 6.92 Å². The quantitative estimate of drug-likeness (QED) is 0.874. The molecule has 1 N–H and O–H groups in total. The van der Waals surface area contributed by atoms with E-state index in [4.69, 9.17) is 4.84 Å². The number of H-pyrrole nitrogens is 1. The van der Waals surface area contributed by atoms with Crippen LogP contribution < -0.4 is 0 Å². The fourth-order valence-corrected chi connectivity index (χ4v) is 2.26. The SMILES string of the molecule is CCc1c[nH]cc1C(=O)ON1C(=O)c2ccccc2C1=O. The number of aryl methyl sites for hydroxylation is 1. The average molecular weight is 284 g/mol. The van der Waals surface area contributed by atoms with Crippen LogP contribution in [0.15, 0.2) is 36.7 Å². The lowest BCUT2D eigenvalue weighted by Crippen LogP contribution is -2.32. The minimum atomic E-state index is -0.734. The first kappa shape index (κ1) is 13.1. The molecule has 21 heavy (non-hydrogen) atoms. The zero-order valence-electron chi connectivity index (χ0n) is 11.3. The summed E-state index contributed by atoms with van der Waals surface area (Å²) < 4.78 is 0. The molecule has 0 radical (unpaired) electrons. The molecule has 2 amide bonds. The number of benzene rings is 1. The van der Waals surface area contributed by atoms with E-state index in [-0.39, 0.29) is 11.1 Å². The van der Waals surface area contributed by atoms with Crippen molar-refractivity contribution in [1.82, 2.24) is 10.0 Å². The first-order valence-electron chi connectivity index (χ1n) is 6.49. The number of carbonyl (C=O) groups is 3. The minimum Gasteiger partial charge on any atom is -0.367 e. The number of carbonyl (C=O) groups excluding carboxylic acids is 3. The van der Waals surface area contributed by atoms with E-state index in [1.165, 1.54) is 18.3 Å². The Labute approximate surface area is 120 Å². The Morgan fingerprint density at radius 2 is 1.76 bits per heavy atom. The molecule has 3 rings (SSSR count). The molecule has 0 aliphatic carbocycles. The summed E-state index contributed by atoms with van der Waals surface area (Å²) in [6.45, 7) is 1.89. The Morgan fingerprint density at radius 3 is 2.33 bits per heavy atom. The number of nitrogens with one attached hydrogen (secondary N) is 1. The second-order valence-corrected chi connectivity index (χ2v) is 4.58. The van der Waals surface area contributed by atoms with Gasteiger partial charge in [-0.3, -0.25) is 9.59 Å². The Kier molecular flexibility index (Phi) is 3.06. The summed E-state index contributed by atoms with van der Waals surface area (Å²) in [5.74, 6) is -1.99. The Bertz CT molecular complexity index is 713. The van der Waals surface area contributed by atoms with Gasteiger partial charge in [-0.15, -0.1) is 0 Å². The third-order valence-electron chi connectivity index (χ3n) is 3.36. The Morgan fingerprint density at radius 1 is 1.14 bits per heavy atom. The molecule has 0 saturated carbocycles. The van der Waals surface area contributed by atoms with Gasteiger partial charge >= 0.3 is 5.97 Å². The molecule has 6 heteroatoms. The van der Waals surface area contributed by atoms with Crippen LogP contribution in [0.1, 0.15) is 43.6 Å². The maximum atomic E-state index is 12.1. The maximum Gasteiger partial charge on any atom is 0.365 e. The predicted octanol–water partition coefficient (Wildman–Crippen LogP) is 1.95. The molecule has 0 fully saturated rings. The van der Waals surface area contributed by atoms with E-state index < -0.39 is 17.8 Å². The number of imide groups is 1. The van der Waals surface area contributed by atoms with Crippen molar-refractivity contribution in [2.75, 3.05) is 0 Å². The molecule has 2 heterocycles. The van der Waals surface area contributed by atoms with Gasteiger partial charge in [-0.1, -0.05) is 24.1 Å². The number of fused-ring (bicyclic) bond motifs is 1. The molecule has 0 bridgehead atoms. The van der Waals surface area contributed by atoms with Crippen molar-refractivity contribution in [3.8, 4) is 0 Å². The number of aromatic amines is 1. The summed E-state index contributed by atoms with van der Waals surface area (Å²) in [5, 5.41) is 0.513. The average Bonchev–Trinajstić information content (AvgIpc) is 3.07. The first-order valence-corrected chi connectivity index (χ1v) is 6.49. The highest BCUT2D eigenvalue weighted by Gasteiger charge is 2.39. The van der Waals surface area contributed by atoms with Crippen LogP contribution in [-0.2, 0) is 11.3 Å².